The number of ether oxygens (including phenoxy) is 1. The van der Waals surface area contributed by atoms with Crippen LogP contribution in [0.25, 0.3) is 22.4 Å². The van der Waals surface area contributed by atoms with Gasteiger partial charge in [-0.1, -0.05) is 29.4 Å². The van der Waals surface area contributed by atoms with Gasteiger partial charge in [-0.3, -0.25) is 0 Å². The van der Waals surface area contributed by atoms with Crippen molar-refractivity contribution in [2.45, 2.75) is 6.92 Å². The summed E-state index contributed by atoms with van der Waals surface area (Å²) in [5, 5.41) is 8.28. The van der Waals surface area contributed by atoms with Gasteiger partial charge >= 0.3 is 0 Å². The number of hydrogen-bond donors (Lipinski definition) is 1. The number of fused-ring (bicyclic) bond motifs is 1. The van der Waals surface area contributed by atoms with E-state index in [1.807, 2.05) is 55.5 Å². The summed E-state index contributed by atoms with van der Waals surface area (Å²) >= 11 is 0. The highest BCUT2D eigenvalue weighted by molar-refractivity contribution is 5.99. The molecule has 25 heavy (non-hydrogen) atoms. The summed E-state index contributed by atoms with van der Waals surface area (Å²) in [4.78, 5) is 8.57. The number of anilines is 2. The summed E-state index contributed by atoms with van der Waals surface area (Å²) in [7, 11) is 1.64. The number of nitrogens with one attached hydrogen (secondary N) is 1. The largest absolute Gasteiger partial charge is 0.497 e. The number of hydrogen-bond acceptors (Lipinski definition) is 6. The van der Waals surface area contributed by atoms with E-state index in [0.717, 1.165) is 33.6 Å². The van der Waals surface area contributed by atoms with Gasteiger partial charge in [0.05, 0.1) is 7.11 Å². The normalized spacial score (nSPS) is 10.8. The maximum Gasteiger partial charge on any atom is 0.263 e. The summed E-state index contributed by atoms with van der Waals surface area (Å²) in [5.74, 6) is 1.44. The molecule has 6 nitrogen and oxygen atoms in total. The van der Waals surface area contributed by atoms with E-state index in [1.165, 1.54) is 6.33 Å². The molecule has 0 saturated carbocycles. The minimum Gasteiger partial charge on any atom is -0.497 e. The first-order chi connectivity index (χ1) is 12.3. The lowest BCUT2D eigenvalue weighted by Crippen LogP contribution is -1.96. The van der Waals surface area contributed by atoms with Gasteiger partial charge in [-0.05, 0) is 36.8 Å². The zero-order chi connectivity index (χ0) is 17.2. The molecule has 0 saturated heterocycles. The fourth-order valence-electron chi connectivity index (χ4n) is 2.71. The Bertz CT molecular complexity index is 1030. The zero-order valence-electron chi connectivity index (χ0n) is 13.9. The maximum absolute atomic E-state index is 5.41. The van der Waals surface area contributed by atoms with Gasteiger partial charge in [-0.25, -0.2) is 4.98 Å². The molecule has 0 spiro atoms. The smallest absolute Gasteiger partial charge is 0.263 e. The predicted octanol–water partition coefficient (Wildman–Crippen LogP) is 4.35. The summed E-state index contributed by atoms with van der Waals surface area (Å²) in [6.07, 6.45) is 1.46. The molecular weight excluding hydrogens is 316 g/mol. The molecule has 0 amide bonds. The Hall–Kier alpha value is -3.41. The molecule has 0 aliphatic heterocycles. The summed E-state index contributed by atoms with van der Waals surface area (Å²) in [6, 6.07) is 15.6. The Morgan fingerprint density at radius 1 is 1.00 bits per heavy atom. The Labute approximate surface area is 144 Å². The van der Waals surface area contributed by atoms with Crippen LogP contribution in [0.5, 0.6) is 5.75 Å². The van der Waals surface area contributed by atoms with Gasteiger partial charge in [0.25, 0.3) is 5.71 Å². The molecule has 6 heteroatoms. The molecule has 0 radical (unpaired) electrons. The molecule has 0 fully saturated rings. The monoisotopic (exact) mass is 332 g/mol. The molecule has 2 aromatic carbocycles. The van der Waals surface area contributed by atoms with Crippen LogP contribution in [0.2, 0.25) is 0 Å². The predicted molar refractivity (Wildman–Crippen MR) is 96.0 cm³/mol. The average Bonchev–Trinajstić information content (AvgIpc) is 3.08. The van der Waals surface area contributed by atoms with Crippen LogP contribution >= 0.6 is 0 Å². The van der Waals surface area contributed by atoms with Gasteiger partial charge < -0.3 is 14.6 Å². The standard InChI is InChI=1S/C19H16N4O2/c1-12-5-3-4-6-15(12)17-16-18(20-11-21-19(16)25-23-17)22-13-7-9-14(24-2)10-8-13/h3-11H,1-2H3,(H,20,21,22). The number of nitrogens with zero attached hydrogens (tertiary/aromatic N) is 3. The third-order valence-corrected chi connectivity index (χ3v) is 4.03. The highest BCUT2D eigenvalue weighted by Crippen LogP contribution is 2.34. The third kappa shape index (κ3) is 2.78. The van der Waals surface area contributed by atoms with Crippen LogP contribution in [-0.4, -0.2) is 22.2 Å². The van der Waals surface area contributed by atoms with E-state index in [-0.39, 0.29) is 0 Å². The van der Waals surface area contributed by atoms with E-state index in [4.69, 9.17) is 9.26 Å². The third-order valence-electron chi connectivity index (χ3n) is 4.03. The SMILES string of the molecule is COc1ccc(Nc2ncnc3onc(-c4ccccc4C)c23)cc1. The van der Waals surface area contributed by atoms with Crippen molar-refractivity contribution in [2.75, 3.05) is 12.4 Å². The van der Waals surface area contributed by atoms with Crippen LogP contribution in [0, 0.1) is 6.92 Å². The van der Waals surface area contributed by atoms with E-state index in [2.05, 4.69) is 20.4 Å². The van der Waals surface area contributed by atoms with Gasteiger partial charge in [0.2, 0.25) is 0 Å². The number of methoxy groups -OCH3 is 1. The van der Waals surface area contributed by atoms with Crippen LogP contribution in [-0.2, 0) is 0 Å². The molecule has 2 heterocycles. The van der Waals surface area contributed by atoms with E-state index >= 15 is 0 Å². The first-order valence-electron chi connectivity index (χ1n) is 7.84. The molecule has 124 valence electrons. The van der Waals surface area contributed by atoms with Crippen molar-refractivity contribution in [1.29, 1.82) is 0 Å². The molecule has 0 atom stereocenters. The minimum absolute atomic E-state index is 0.448. The minimum atomic E-state index is 0.448. The Morgan fingerprint density at radius 2 is 1.80 bits per heavy atom. The van der Waals surface area contributed by atoms with Crippen molar-refractivity contribution in [3.05, 3.63) is 60.4 Å². The van der Waals surface area contributed by atoms with Crippen molar-refractivity contribution in [3.8, 4) is 17.0 Å². The number of aromatic nitrogens is 3. The molecule has 0 aliphatic rings. The quantitative estimate of drug-likeness (QED) is 0.599. The Balaban J connectivity index is 1.81. The lowest BCUT2D eigenvalue weighted by atomic mass is 10.0. The van der Waals surface area contributed by atoms with Crippen molar-refractivity contribution >= 4 is 22.6 Å². The van der Waals surface area contributed by atoms with Gasteiger partial charge in [-0.2, -0.15) is 4.98 Å². The van der Waals surface area contributed by atoms with Crippen LogP contribution in [0.3, 0.4) is 0 Å². The van der Waals surface area contributed by atoms with Crippen LogP contribution in [0.15, 0.2) is 59.4 Å². The Morgan fingerprint density at radius 3 is 2.56 bits per heavy atom. The van der Waals surface area contributed by atoms with E-state index in [9.17, 15) is 0 Å². The lowest BCUT2D eigenvalue weighted by molar-refractivity contribution is 0.415. The van der Waals surface area contributed by atoms with Crippen molar-refractivity contribution in [1.82, 2.24) is 15.1 Å². The second-order valence-electron chi connectivity index (χ2n) is 5.60. The second-order valence-corrected chi connectivity index (χ2v) is 5.60. The first kappa shape index (κ1) is 15.1. The van der Waals surface area contributed by atoms with Gasteiger partial charge in [0, 0.05) is 11.3 Å². The topological polar surface area (TPSA) is 73.1 Å². The van der Waals surface area contributed by atoms with Crippen molar-refractivity contribution < 1.29 is 9.26 Å². The van der Waals surface area contributed by atoms with Crippen LogP contribution < -0.4 is 10.1 Å². The van der Waals surface area contributed by atoms with Crippen LogP contribution in [0.1, 0.15) is 5.56 Å². The Kier molecular flexibility index (Phi) is 3.78. The number of rotatable bonds is 4. The zero-order valence-corrected chi connectivity index (χ0v) is 13.9. The van der Waals surface area contributed by atoms with Gasteiger partial charge in [-0.15, -0.1) is 0 Å². The molecular formula is C19H16N4O2. The van der Waals surface area contributed by atoms with Crippen LogP contribution in [0.4, 0.5) is 11.5 Å². The second kappa shape index (κ2) is 6.24. The fourth-order valence-corrected chi connectivity index (χ4v) is 2.71. The number of aryl methyl sites for hydroxylation is 1. The highest BCUT2D eigenvalue weighted by Gasteiger charge is 2.18. The molecule has 0 bridgehead atoms. The first-order valence-corrected chi connectivity index (χ1v) is 7.84. The van der Waals surface area contributed by atoms with Crippen molar-refractivity contribution in [3.63, 3.8) is 0 Å². The molecule has 0 aliphatic carbocycles. The van der Waals surface area contributed by atoms with E-state index < -0.39 is 0 Å². The molecule has 4 aromatic rings. The average molecular weight is 332 g/mol. The maximum atomic E-state index is 5.41. The molecule has 4 rings (SSSR count). The van der Waals surface area contributed by atoms with E-state index in [1.54, 1.807) is 7.11 Å². The van der Waals surface area contributed by atoms with Crippen molar-refractivity contribution in [2.24, 2.45) is 0 Å². The van der Waals surface area contributed by atoms with E-state index in [0.29, 0.717) is 11.5 Å². The summed E-state index contributed by atoms with van der Waals surface area (Å²) in [6.45, 7) is 2.04. The highest BCUT2D eigenvalue weighted by atomic mass is 16.5. The fraction of sp³-hybridized carbons (Fsp3) is 0.105. The molecule has 0 unspecified atom stereocenters. The van der Waals surface area contributed by atoms with Gasteiger partial charge in [0.15, 0.2) is 0 Å². The lowest BCUT2D eigenvalue weighted by Gasteiger charge is -2.08. The molecule has 1 N–H and O–H groups in total. The molecule has 2 aromatic heterocycles. The summed E-state index contributed by atoms with van der Waals surface area (Å²) < 4.78 is 10.6. The summed E-state index contributed by atoms with van der Waals surface area (Å²) in [5.41, 5.74) is 4.16. The van der Waals surface area contributed by atoms with Gasteiger partial charge in [0.1, 0.15) is 29.0 Å². The number of benzene rings is 2.